The molecule has 4 heterocycles. The third-order valence-corrected chi connectivity index (χ3v) is 7.54. The summed E-state index contributed by atoms with van der Waals surface area (Å²) in [7, 11) is 1.58. The topological polar surface area (TPSA) is 67.2 Å². The van der Waals surface area contributed by atoms with Crippen LogP contribution in [0.25, 0.3) is 11.7 Å². The number of carbonyl (C=O) groups excluding carboxylic acids is 1. The summed E-state index contributed by atoms with van der Waals surface area (Å²) in [5.74, 6) is 0.381. The summed E-state index contributed by atoms with van der Waals surface area (Å²) >= 11 is 6.62. The summed E-state index contributed by atoms with van der Waals surface area (Å²) in [5, 5.41) is 0. The van der Waals surface area contributed by atoms with E-state index >= 15 is 0 Å². The molecule has 0 bridgehead atoms. The van der Waals surface area contributed by atoms with Crippen LogP contribution in [0.3, 0.4) is 0 Å². The Kier molecular flexibility index (Phi) is 6.24. The van der Waals surface area contributed by atoms with Gasteiger partial charge in [-0.2, -0.15) is 0 Å². The molecule has 1 amide bonds. The Morgan fingerprint density at radius 2 is 1.97 bits per heavy atom. The van der Waals surface area contributed by atoms with Gasteiger partial charge in [0.05, 0.1) is 23.6 Å². The first-order valence-corrected chi connectivity index (χ1v) is 12.3. The minimum Gasteiger partial charge on any atom is -0.383 e. The van der Waals surface area contributed by atoms with Crippen molar-refractivity contribution >= 4 is 51.7 Å². The Balaban J connectivity index is 1.64. The van der Waals surface area contributed by atoms with E-state index in [1.54, 1.807) is 23.8 Å². The zero-order valence-electron chi connectivity index (χ0n) is 19.0. The van der Waals surface area contributed by atoms with Crippen LogP contribution in [-0.2, 0) is 22.5 Å². The van der Waals surface area contributed by atoms with Crippen molar-refractivity contribution in [3.05, 3.63) is 80.1 Å². The third kappa shape index (κ3) is 4.04. The van der Waals surface area contributed by atoms with Gasteiger partial charge in [-0.15, -0.1) is 0 Å². The molecule has 2 aromatic heterocycles. The fraction of sp³-hybridized carbons (Fsp3) is 0.280. The summed E-state index contributed by atoms with van der Waals surface area (Å²) in [5.41, 5.74) is 4.26. The highest BCUT2D eigenvalue weighted by Crippen LogP contribution is 2.34. The van der Waals surface area contributed by atoms with Crippen LogP contribution in [0.5, 0.6) is 0 Å². The number of anilines is 1. The number of aromatic nitrogens is 2. The van der Waals surface area contributed by atoms with Crippen molar-refractivity contribution in [1.29, 1.82) is 0 Å². The maximum atomic E-state index is 13.7. The smallest absolute Gasteiger partial charge is 0.267 e. The number of thioether (sulfide) groups is 1. The second kappa shape index (κ2) is 9.32. The van der Waals surface area contributed by atoms with Crippen LogP contribution in [-0.4, -0.2) is 51.3 Å². The van der Waals surface area contributed by atoms with Crippen LogP contribution in [0.2, 0.25) is 0 Å². The van der Waals surface area contributed by atoms with Crippen molar-refractivity contribution < 1.29 is 9.53 Å². The van der Waals surface area contributed by atoms with Crippen molar-refractivity contribution in [3.63, 3.8) is 0 Å². The molecule has 1 saturated heterocycles. The van der Waals surface area contributed by atoms with E-state index in [1.165, 1.54) is 27.8 Å². The summed E-state index contributed by atoms with van der Waals surface area (Å²) in [6.07, 6.45) is 4.24. The molecule has 0 N–H and O–H groups in total. The van der Waals surface area contributed by atoms with E-state index in [1.807, 2.05) is 25.1 Å². The maximum Gasteiger partial charge on any atom is 0.267 e. The largest absolute Gasteiger partial charge is 0.383 e. The molecule has 34 heavy (non-hydrogen) atoms. The molecule has 1 fully saturated rings. The Labute approximate surface area is 207 Å². The minimum absolute atomic E-state index is 0.204. The summed E-state index contributed by atoms with van der Waals surface area (Å²) in [6.45, 7) is 4.10. The molecule has 174 valence electrons. The molecule has 1 aromatic carbocycles. The summed E-state index contributed by atoms with van der Waals surface area (Å²) in [6, 6.07) is 12.1. The standard InChI is InChI=1S/C25H24N4O3S2/c1-16-6-5-10-28-21(16)26-22(27-11-9-17-7-3-4-8-18(17)15-27)19(23(28)30)14-20-24(31)29(12-13-32-2)25(33)34-20/h3-8,10,14H,9,11-13,15H2,1-2H3. The van der Waals surface area contributed by atoms with Crippen molar-refractivity contribution in [2.45, 2.75) is 19.9 Å². The number of ether oxygens (including phenoxy) is 1. The molecule has 0 spiro atoms. The Morgan fingerprint density at radius 3 is 2.76 bits per heavy atom. The monoisotopic (exact) mass is 492 g/mol. The highest BCUT2D eigenvalue weighted by atomic mass is 32.2. The molecule has 0 aliphatic carbocycles. The zero-order chi connectivity index (χ0) is 23.8. The number of rotatable bonds is 5. The molecule has 5 rings (SSSR count). The van der Waals surface area contributed by atoms with E-state index in [0.717, 1.165) is 18.5 Å². The van der Waals surface area contributed by atoms with Crippen LogP contribution < -0.4 is 10.5 Å². The fourth-order valence-electron chi connectivity index (χ4n) is 4.35. The van der Waals surface area contributed by atoms with E-state index < -0.39 is 0 Å². The number of amides is 1. The van der Waals surface area contributed by atoms with Crippen molar-refractivity contribution in [2.75, 3.05) is 31.7 Å². The SMILES string of the molecule is COCCN1C(=O)C(=Cc2c(N3CCc4ccccc4C3)nc3c(C)cccn3c2=O)SC1=S. The van der Waals surface area contributed by atoms with Crippen LogP contribution in [0.15, 0.2) is 52.3 Å². The van der Waals surface area contributed by atoms with E-state index in [2.05, 4.69) is 23.1 Å². The lowest BCUT2D eigenvalue weighted by Crippen LogP contribution is -2.34. The highest BCUT2D eigenvalue weighted by Gasteiger charge is 2.33. The van der Waals surface area contributed by atoms with Gasteiger partial charge in [-0.1, -0.05) is 54.3 Å². The Bertz CT molecular complexity index is 1400. The molecule has 2 aliphatic rings. The van der Waals surface area contributed by atoms with E-state index in [4.69, 9.17) is 21.9 Å². The average Bonchev–Trinajstić information content (AvgIpc) is 3.11. The molecule has 0 saturated carbocycles. The molecule has 3 aromatic rings. The number of benzene rings is 1. The van der Waals surface area contributed by atoms with Gasteiger partial charge in [-0.05, 0) is 42.2 Å². The van der Waals surface area contributed by atoms with Crippen LogP contribution >= 0.6 is 24.0 Å². The molecule has 0 radical (unpaired) electrons. The molecular formula is C25H24N4O3S2. The molecule has 9 heteroatoms. The maximum absolute atomic E-state index is 13.7. The predicted molar refractivity (Wildman–Crippen MR) is 139 cm³/mol. The number of carbonyl (C=O) groups is 1. The summed E-state index contributed by atoms with van der Waals surface area (Å²) in [4.78, 5) is 35.8. The number of nitrogens with zero attached hydrogens (tertiary/aromatic N) is 4. The van der Waals surface area contributed by atoms with E-state index in [-0.39, 0.29) is 11.5 Å². The highest BCUT2D eigenvalue weighted by molar-refractivity contribution is 8.26. The first-order chi connectivity index (χ1) is 16.5. The number of pyridine rings is 1. The van der Waals surface area contributed by atoms with Gasteiger partial charge in [-0.3, -0.25) is 18.9 Å². The van der Waals surface area contributed by atoms with Gasteiger partial charge in [0, 0.05) is 26.4 Å². The lowest BCUT2D eigenvalue weighted by Gasteiger charge is -2.31. The number of methoxy groups -OCH3 is 1. The van der Waals surface area contributed by atoms with Gasteiger partial charge >= 0.3 is 0 Å². The number of hydrogen-bond donors (Lipinski definition) is 0. The van der Waals surface area contributed by atoms with Gasteiger partial charge in [0.15, 0.2) is 0 Å². The quantitative estimate of drug-likeness (QED) is 0.399. The van der Waals surface area contributed by atoms with Crippen molar-refractivity contribution in [2.24, 2.45) is 0 Å². The number of fused-ring (bicyclic) bond motifs is 2. The predicted octanol–water partition coefficient (Wildman–Crippen LogP) is 3.41. The second-order valence-electron chi connectivity index (χ2n) is 8.31. The normalized spacial score (nSPS) is 17.2. The third-order valence-electron chi connectivity index (χ3n) is 6.16. The van der Waals surface area contributed by atoms with E-state index in [0.29, 0.717) is 46.0 Å². The van der Waals surface area contributed by atoms with Gasteiger partial charge in [0.2, 0.25) is 0 Å². The first kappa shape index (κ1) is 22.8. The van der Waals surface area contributed by atoms with Gasteiger partial charge in [-0.25, -0.2) is 4.98 Å². The second-order valence-corrected chi connectivity index (χ2v) is 9.98. The number of aryl methyl sites for hydroxylation is 1. The number of thiocarbonyl (C=S) groups is 1. The van der Waals surface area contributed by atoms with Crippen LogP contribution in [0, 0.1) is 6.92 Å². The number of hydrogen-bond acceptors (Lipinski definition) is 7. The molecular weight excluding hydrogens is 468 g/mol. The molecule has 0 atom stereocenters. The summed E-state index contributed by atoms with van der Waals surface area (Å²) < 4.78 is 7.12. The van der Waals surface area contributed by atoms with Crippen LogP contribution in [0.4, 0.5) is 5.82 Å². The van der Waals surface area contributed by atoms with Gasteiger partial charge < -0.3 is 9.64 Å². The average molecular weight is 493 g/mol. The van der Waals surface area contributed by atoms with E-state index in [9.17, 15) is 9.59 Å². The zero-order valence-corrected chi connectivity index (χ0v) is 20.6. The Morgan fingerprint density at radius 1 is 1.18 bits per heavy atom. The molecule has 2 aliphatic heterocycles. The Hall–Kier alpha value is -3.01. The van der Waals surface area contributed by atoms with Crippen molar-refractivity contribution in [1.82, 2.24) is 14.3 Å². The van der Waals surface area contributed by atoms with Crippen molar-refractivity contribution in [3.8, 4) is 0 Å². The van der Waals surface area contributed by atoms with Gasteiger partial charge in [0.25, 0.3) is 11.5 Å². The molecule has 0 unspecified atom stereocenters. The first-order valence-electron chi connectivity index (χ1n) is 11.1. The fourth-order valence-corrected chi connectivity index (χ4v) is 5.64. The minimum atomic E-state index is -0.212. The van der Waals surface area contributed by atoms with Gasteiger partial charge in [0.1, 0.15) is 15.8 Å². The molecule has 7 nitrogen and oxygen atoms in total. The lowest BCUT2D eigenvalue weighted by molar-refractivity contribution is -0.122. The lowest BCUT2D eigenvalue weighted by atomic mass is 9.99. The van der Waals surface area contributed by atoms with Crippen LogP contribution in [0.1, 0.15) is 22.3 Å².